The standard InChI is InChI=1S/C44H29N3S/c1-45-27-28-17-21-31(22-18-28)46-38-13-5-2-9-32(38)36-25-29(19-23-40(36)46)30-20-24-41-37(26-30)33-10-3-6-14-39(33)47(41)42-15-8-12-35-34-11-4-7-16-43(34)48-44(35)42/h2-27H,1H3/b45-27-. The molecule has 0 unspecified atom stereocenters. The fraction of sp³-hybridized carbons (Fsp3) is 0.0227. The Morgan fingerprint density at radius 3 is 1.73 bits per heavy atom. The second-order valence-corrected chi connectivity index (χ2v) is 13.5. The normalized spacial score (nSPS) is 12.2. The third-order valence-corrected chi connectivity index (χ3v) is 10.9. The SMILES string of the molecule is C/N=C\c1ccc(-n2c3ccccc3c3cc(-c4ccc5c(c4)c4ccccc4n5-c4cccc5c4sc4ccccc45)ccc32)cc1. The molecule has 0 saturated heterocycles. The van der Waals surface area contributed by atoms with E-state index in [1.54, 1.807) is 7.05 Å². The number of aliphatic imine (C=N–C) groups is 1. The molecule has 0 atom stereocenters. The number of fused-ring (bicyclic) bond motifs is 9. The number of rotatable bonds is 4. The highest BCUT2D eigenvalue weighted by molar-refractivity contribution is 7.26. The van der Waals surface area contributed by atoms with Crippen molar-refractivity contribution in [2.45, 2.75) is 0 Å². The summed E-state index contributed by atoms with van der Waals surface area (Å²) in [6.07, 6.45) is 1.89. The fourth-order valence-electron chi connectivity index (χ4n) is 7.61. The average Bonchev–Trinajstić information content (AvgIpc) is 3.79. The van der Waals surface area contributed by atoms with Crippen LogP contribution in [0.15, 0.2) is 157 Å². The Bertz CT molecular complexity index is 2900. The zero-order valence-corrected chi connectivity index (χ0v) is 27.1. The Morgan fingerprint density at radius 2 is 1.04 bits per heavy atom. The van der Waals surface area contributed by atoms with Crippen LogP contribution in [0.4, 0.5) is 0 Å². The Labute approximate surface area is 281 Å². The zero-order chi connectivity index (χ0) is 31.8. The maximum absolute atomic E-state index is 4.18. The predicted molar refractivity (Wildman–Crippen MR) is 207 cm³/mol. The largest absolute Gasteiger partial charge is 0.309 e. The molecule has 10 rings (SSSR count). The maximum atomic E-state index is 4.18. The van der Waals surface area contributed by atoms with Gasteiger partial charge in [0.2, 0.25) is 0 Å². The lowest BCUT2D eigenvalue weighted by atomic mass is 10.0. The van der Waals surface area contributed by atoms with Gasteiger partial charge in [-0.05, 0) is 77.4 Å². The van der Waals surface area contributed by atoms with Crippen molar-refractivity contribution in [1.82, 2.24) is 9.13 Å². The minimum absolute atomic E-state index is 1.10. The van der Waals surface area contributed by atoms with E-state index in [2.05, 4.69) is 166 Å². The van der Waals surface area contributed by atoms with Crippen molar-refractivity contribution in [2.75, 3.05) is 7.05 Å². The van der Waals surface area contributed by atoms with Gasteiger partial charge in [0.25, 0.3) is 0 Å². The number of thiophene rings is 1. The molecule has 0 N–H and O–H groups in total. The van der Waals surface area contributed by atoms with E-state index >= 15 is 0 Å². The van der Waals surface area contributed by atoms with Crippen molar-refractivity contribution in [3.63, 3.8) is 0 Å². The fourth-order valence-corrected chi connectivity index (χ4v) is 8.82. The van der Waals surface area contributed by atoms with Gasteiger partial charge in [-0.2, -0.15) is 0 Å². The highest BCUT2D eigenvalue weighted by Crippen LogP contribution is 2.42. The lowest BCUT2D eigenvalue weighted by Gasteiger charge is -2.10. The highest BCUT2D eigenvalue weighted by atomic mass is 32.1. The number of para-hydroxylation sites is 2. The maximum Gasteiger partial charge on any atom is 0.0640 e. The summed E-state index contributed by atoms with van der Waals surface area (Å²) in [4.78, 5) is 4.18. The van der Waals surface area contributed by atoms with E-state index in [1.165, 1.54) is 80.6 Å². The topological polar surface area (TPSA) is 22.2 Å². The van der Waals surface area contributed by atoms with Crippen molar-refractivity contribution in [3.05, 3.63) is 157 Å². The third-order valence-electron chi connectivity index (χ3n) is 9.73. The van der Waals surface area contributed by atoms with Crippen molar-refractivity contribution in [2.24, 2.45) is 4.99 Å². The third kappa shape index (κ3) is 3.96. The molecule has 0 fully saturated rings. The van der Waals surface area contributed by atoms with Gasteiger partial charge in [0.05, 0.1) is 32.5 Å². The van der Waals surface area contributed by atoms with Crippen LogP contribution < -0.4 is 0 Å². The molecule has 3 heterocycles. The number of nitrogens with zero attached hydrogens (tertiary/aromatic N) is 3. The van der Waals surface area contributed by atoms with Crippen LogP contribution in [-0.2, 0) is 0 Å². The second-order valence-electron chi connectivity index (χ2n) is 12.4. The van der Waals surface area contributed by atoms with Gasteiger partial charge in [-0.15, -0.1) is 11.3 Å². The van der Waals surface area contributed by atoms with Crippen LogP contribution in [0.1, 0.15) is 5.56 Å². The molecule has 0 spiro atoms. The second kappa shape index (κ2) is 10.5. The molecular weight excluding hydrogens is 603 g/mol. The summed E-state index contributed by atoms with van der Waals surface area (Å²) in [5.41, 5.74) is 10.8. The van der Waals surface area contributed by atoms with E-state index in [9.17, 15) is 0 Å². The van der Waals surface area contributed by atoms with Crippen LogP contribution in [0.2, 0.25) is 0 Å². The summed E-state index contributed by atoms with van der Waals surface area (Å²) >= 11 is 1.88. The summed E-state index contributed by atoms with van der Waals surface area (Å²) in [5.74, 6) is 0. The Hall–Kier alpha value is -5.97. The molecule has 10 aromatic rings. The molecule has 3 nitrogen and oxygen atoms in total. The first-order chi connectivity index (χ1) is 23.8. The number of aromatic nitrogens is 2. The Balaban J connectivity index is 1.16. The lowest BCUT2D eigenvalue weighted by Crippen LogP contribution is -1.94. The summed E-state index contributed by atoms with van der Waals surface area (Å²) in [6.45, 7) is 0. The first kappa shape index (κ1) is 27.2. The van der Waals surface area contributed by atoms with E-state index in [-0.39, 0.29) is 0 Å². The van der Waals surface area contributed by atoms with E-state index in [0.29, 0.717) is 0 Å². The molecule has 0 bridgehead atoms. The van der Waals surface area contributed by atoms with Crippen LogP contribution in [0, 0.1) is 0 Å². The van der Waals surface area contributed by atoms with Crippen molar-refractivity contribution < 1.29 is 0 Å². The van der Waals surface area contributed by atoms with Gasteiger partial charge >= 0.3 is 0 Å². The minimum Gasteiger partial charge on any atom is -0.309 e. The average molecular weight is 632 g/mol. The van der Waals surface area contributed by atoms with Crippen LogP contribution >= 0.6 is 11.3 Å². The zero-order valence-electron chi connectivity index (χ0n) is 26.3. The molecule has 48 heavy (non-hydrogen) atoms. The first-order valence-electron chi connectivity index (χ1n) is 16.3. The van der Waals surface area contributed by atoms with Crippen molar-refractivity contribution in [1.29, 1.82) is 0 Å². The molecular formula is C44H29N3S. The number of hydrogen-bond donors (Lipinski definition) is 0. The van der Waals surface area contributed by atoms with Gasteiger partial charge in [-0.3, -0.25) is 4.99 Å². The molecule has 0 aliphatic carbocycles. The van der Waals surface area contributed by atoms with Gasteiger partial charge in [0.1, 0.15) is 0 Å². The van der Waals surface area contributed by atoms with Gasteiger partial charge in [0, 0.05) is 56.0 Å². The smallest absolute Gasteiger partial charge is 0.0640 e. The summed E-state index contributed by atoms with van der Waals surface area (Å²) in [6, 6.07) is 55.5. The molecule has 0 amide bonds. The molecule has 4 heteroatoms. The van der Waals surface area contributed by atoms with Gasteiger partial charge in [-0.1, -0.05) is 91.0 Å². The summed E-state index contributed by atoms with van der Waals surface area (Å²) in [7, 11) is 1.81. The molecule has 7 aromatic carbocycles. The minimum atomic E-state index is 1.10. The van der Waals surface area contributed by atoms with Crippen molar-refractivity contribution >= 4 is 81.3 Å². The first-order valence-corrected chi connectivity index (χ1v) is 17.1. The number of benzene rings is 7. The van der Waals surface area contributed by atoms with E-state index in [0.717, 1.165) is 11.3 Å². The Morgan fingerprint density at radius 1 is 0.479 bits per heavy atom. The van der Waals surface area contributed by atoms with E-state index < -0.39 is 0 Å². The quantitative estimate of drug-likeness (QED) is 0.173. The van der Waals surface area contributed by atoms with Crippen LogP contribution in [0.3, 0.4) is 0 Å². The molecule has 0 radical (unpaired) electrons. The predicted octanol–water partition coefficient (Wildman–Crippen LogP) is 12.0. The molecule has 3 aromatic heterocycles. The highest BCUT2D eigenvalue weighted by Gasteiger charge is 2.18. The summed E-state index contributed by atoms with van der Waals surface area (Å²) in [5, 5.41) is 7.67. The molecule has 0 aliphatic heterocycles. The summed E-state index contributed by atoms with van der Waals surface area (Å²) < 4.78 is 7.47. The van der Waals surface area contributed by atoms with Gasteiger partial charge < -0.3 is 9.13 Å². The molecule has 226 valence electrons. The van der Waals surface area contributed by atoms with E-state index in [1.807, 2.05) is 17.6 Å². The lowest BCUT2D eigenvalue weighted by molar-refractivity contribution is 1.18. The van der Waals surface area contributed by atoms with E-state index in [4.69, 9.17) is 0 Å². The monoisotopic (exact) mass is 631 g/mol. The van der Waals surface area contributed by atoms with Crippen molar-refractivity contribution in [3.8, 4) is 22.5 Å². The van der Waals surface area contributed by atoms with Crippen LogP contribution in [0.5, 0.6) is 0 Å². The Kier molecular flexibility index (Phi) is 5.96. The van der Waals surface area contributed by atoms with Crippen LogP contribution in [0.25, 0.3) is 86.3 Å². The van der Waals surface area contributed by atoms with Gasteiger partial charge in [-0.25, -0.2) is 0 Å². The number of hydrogen-bond acceptors (Lipinski definition) is 2. The molecule has 0 saturated carbocycles. The van der Waals surface area contributed by atoms with Gasteiger partial charge in [0.15, 0.2) is 0 Å². The molecule has 0 aliphatic rings. The van der Waals surface area contributed by atoms with Crippen LogP contribution in [-0.4, -0.2) is 22.4 Å².